The molecule has 0 bridgehead atoms. The van der Waals surface area contributed by atoms with Gasteiger partial charge in [0, 0.05) is 50.1 Å². The first-order chi connectivity index (χ1) is 16.5. The second-order valence-corrected chi connectivity index (χ2v) is 9.33. The van der Waals surface area contributed by atoms with Crippen LogP contribution in [-0.2, 0) is 5.75 Å². The number of nitrogens with one attached hydrogen (secondary N) is 1. The number of benzene rings is 2. The van der Waals surface area contributed by atoms with Crippen LogP contribution in [0.4, 0.5) is 15.9 Å². The maximum Gasteiger partial charge on any atom is 0.251 e. The minimum atomic E-state index is -0.202. The van der Waals surface area contributed by atoms with Gasteiger partial charge >= 0.3 is 0 Å². The summed E-state index contributed by atoms with van der Waals surface area (Å²) >= 11 is 7.79. The lowest BCUT2D eigenvalue weighted by Crippen LogP contribution is -2.47. The molecule has 1 aliphatic heterocycles. The second-order valence-electron chi connectivity index (χ2n) is 8.00. The smallest absolute Gasteiger partial charge is 0.251 e. The van der Waals surface area contributed by atoms with E-state index in [9.17, 15) is 9.18 Å². The number of hydrogen-bond acceptors (Lipinski definition) is 6. The van der Waals surface area contributed by atoms with E-state index in [-0.39, 0.29) is 11.7 Å². The third kappa shape index (κ3) is 6.18. The van der Waals surface area contributed by atoms with Crippen LogP contribution in [0.3, 0.4) is 0 Å². The third-order valence-corrected chi connectivity index (χ3v) is 6.66. The number of para-hydroxylation sites is 1. The van der Waals surface area contributed by atoms with Crippen LogP contribution in [0.25, 0.3) is 0 Å². The van der Waals surface area contributed by atoms with Gasteiger partial charge in [0.05, 0.1) is 5.69 Å². The van der Waals surface area contributed by atoms with Gasteiger partial charge in [0.1, 0.15) is 16.8 Å². The van der Waals surface area contributed by atoms with Crippen LogP contribution in [0, 0.1) is 5.82 Å². The highest BCUT2D eigenvalue weighted by Gasteiger charge is 2.21. The number of halogens is 2. The number of hydrogen-bond donors (Lipinski definition) is 1. The lowest BCUT2D eigenvalue weighted by molar-refractivity contribution is 0.0953. The van der Waals surface area contributed by atoms with Gasteiger partial charge in [-0.1, -0.05) is 54.6 Å². The molecule has 0 unspecified atom stereocenters. The first kappa shape index (κ1) is 24.3. The van der Waals surface area contributed by atoms with Crippen molar-refractivity contribution in [2.75, 3.05) is 42.5 Å². The molecule has 1 fully saturated rings. The van der Waals surface area contributed by atoms with Gasteiger partial charge in [0.2, 0.25) is 0 Å². The number of thioether (sulfide) groups is 1. The largest absolute Gasteiger partial charge is 0.366 e. The maximum absolute atomic E-state index is 14.1. The van der Waals surface area contributed by atoms with Gasteiger partial charge in [-0.3, -0.25) is 4.79 Å². The van der Waals surface area contributed by atoms with Crippen molar-refractivity contribution in [1.82, 2.24) is 15.3 Å². The summed E-state index contributed by atoms with van der Waals surface area (Å²) in [7, 11) is 0. The molecule has 2 aromatic carbocycles. The Balaban J connectivity index is 1.38. The van der Waals surface area contributed by atoms with Gasteiger partial charge < -0.3 is 15.1 Å². The van der Waals surface area contributed by atoms with E-state index in [0.717, 1.165) is 17.8 Å². The molecule has 34 heavy (non-hydrogen) atoms. The molecule has 0 saturated carbocycles. The molecule has 0 spiro atoms. The predicted molar refractivity (Wildman–Crippen MR) is 136 cm³/mol. The molecule has 178 valence electrons. The average Bonchev–Trinajstić information content (AvgIpc) is 2.86. The molecule has 1 aromatic heterocycles. The van der Waals surface area contributed by atoms with E-state index in [0.29, 0.717) is 60.0 Å². The summed E-state index contributed by atoms with van der Waals surface area (Å²) in [5.41, 5.74) is 2.29. The number of aromatic nitrogens is 2. The Hall–Kier alpha value is -2.84. The number of amides is 1. The van der Waals surface area contributed by atoms with Crippen LogP contribution in [0.5, 0.6) is 0 Å². The molecule has 3 aromatic rings. The Kier molecular flexibility index (Phi) is 8.24. The monoisotopic (exact) mass is 499 g/mol. The highest BCUT2D eigenvalue weighted by atomic mass is 35.5. The van der Waals surface area contributed by atoms with E-state index in [2.05, 4.69) is 15.2 Å². The predicted octanol–water partition coefficient (Wildman–Crippen LogP) is 5.03. The minimum Gasteiger partial charge on any atom is -0.366 e. The average molecular weight is 500 g/mol. The molecule has 0 aliphatic carbocycles. The molecule has 0 atom stereocenters. The van der Waals surface area contributed by atoms with Gasteiger partial charge in [-0.2, -0.15) is 0 Å². The number of anilines is 2. The topological polar surface area (TPSA) is 61.4 Å². The molecule has 1 saturated heterocycles. The summed E-state index contributed by atoms with van der Waals surface area (Å²) in [6.07, 6.45) is 0.897. The number of carbonyl (C=O) groups excluding carboxylic acids is 1. The number of carbonyl (C=O) groups is 1. The van der Waals surface area contributed by atoms with Crippen LogP contribution in [0.15, 0.2) is 59.8 Å². The summed E-state index contributed by atoms with van der Waals surface area (Å²) in [4.78, 5) is 25.5. The van der Waals surface area contributed by atoms with E-state index >= 15 is 0 Å². The van der Waals surface area contributed by atoms with E-state index in [4.69, 9.17) is 16.6 Å². The first-order valence-corrected chi connectivity index (χ1v) is 12.7. The number of nitrogens with zero attached hydrogens (tertiary/aromatic N) is 4. The first-order valence-electron chi connectivity index (χ1n) is 11.3. The Morgan fingerprint density at radius 3 is 2.59 bits per heavy atom. The van der Waals surface area contributed by atoms with E-state index in [1.54, 1.807) is 12.1 Å². The fraction of sp³-hybridized carbons (Fsp3) is 0.320. The van der Waals surface area contributed by atoms with E-state index in [1.807, 2.05) is 48.2 Å². The highest BCUT2D eigenvalue weighted by Crippen LogP contribution is 2.27. The lowest BCUT2D eigenvalue weighted by atomic mass is 10.1. The molecule has 9 heteroatoms. The fourth-order valence-corrected chi connectivity index (χ4v) is 4.81. The van der Waals surface area contributed by atoms with Crippen LogP contribution < -0.4 is 15.1 Å². The third-order valence-electron chi connectivity index (χ3n) is 5.55. The van der Waals surface area contributed by atoms with Crippen molar-refractivity contribution in [3.8, 4) is 0 Å². The van der Waals surface area contributed by atoms with Crippen molar-refractivity contribution in [3.63, 3.8) is 0 Å². The molecule has 0 radical (unpaired) electrons. The van der Waals surface area contributed by atoms with Crippen molar-refractivity contribution in [2.24, 2.45) is 0 Å². The van der Waals surface area contributed by atoms with Crippen LogP contribution in [0.1, 0.15) is 29.3 Å². The summed E-state index contributed by atoms with van der Waals surface area (Å²) in [6.45, 7) is 5.48. The van der Waals surface area contributed by atoms with Crippen molar-refractivity contribution in [1.29, 1.82) is 0 Å². The zero-order valence-corrected chi connectivity index (χ0v) is 20.6. The van der Waals surface area contributed by atoms with Crippen molar-refractivity contribution in [2.45, 2.75) is 24.3 Å². The second kappa shape index (κ2) is 11.5. The van der Waals surface area contributed by atoms with Crippen molar-refractivity contribution < 1.29 is 9.18 Å². The van der Waals surface area contributed by atoms with E-state index < -0.39 is 0 Å². The number of rotatable bonds is 8. The van der Waals surface area contributed by atoms with Crippen LogP contribution >= 0.6 is 23.4 Å². The molecule has 6 nitrogen and oxygen atoms in total. The van der Waals surface area contributed by atoms with Crippen molar-refractivity contribution in [3.05, 3.63) is 76.7 Å². The Bertz CT molecular complexity index is 1140. The van der Waals surface area contributed by atoms with Gasteiger partial charge in [0.25, 0.3) is 5.91 Å². The zero-order valence-electron chi connectivity index (χ0n) is 19.0. The molecule has 1 N–H and O–H groups in total. The minimum absolute atomic E-state index is 0.0653. The summed E-state index contributed by atoms with van der Waals surface area (Å²) < 4.78 is 14.1. The van der Waals surface area contributed by atoms with Crippen molar-refractivity contribution >= 4 is 40.8 Å². The zero-order chi connectivity index (χ0) is 23.9. The van der Waals surface area contributed by atoms with Crippen LogP contribution in [-0.4, -0.2) is 48.6 Å². The summed E-state index contributed by atoms with van der Waals surface area (Å²) in [5, 5.41) is 3.87. The van der Waals surface area contributed by atoms with E-state index in [1.165, 1.54) is 17.8 Å². The summed E-state index contributed by atoms with van der Waals surface area (Å²) in [5.74, 6) is 1.12. The SMILES string of the molecule is CCCNC(=O)c1cccc(CSc2nc(Cl)cc(N3CCN(c4ccccc4F)CC3)n2)c1. The Morgan fingerprint density at radius 2 is 1.82 bits per heavy atom. The molecule has 1 aliphatic rings. The lowest BCUT2D eigenvalue weighted by Gasteiger charge is -2.36. The maximum atomic E-state index is 14.1. The normalized spacial score (nSPS) is 13.7. The van der Waals surface area contributed by atoms with Gasteiger partial charge in [-0.25, -0.2) is 14.4 Å². The standard InChI is InChI=1S/C25H27ClFN5OS/c1-2-10-28-24(33)19-7-5-6-18(15-19)17-34-25-29-22(26)16-23(30-25)32-13-11-31(12-14-32)21-9-4-3-8-20(21)27/h3-9,15-16H,2,10-14,17H2,1H3,(H,28,33). The van der Waals surface area contributed by atoms with Gasteiger partial charge in [0.15, 0.2) is 5.16 Å². The molecule has 2 heterocycles. The summed E-state index contributed by atoms with van der Waals surface area (Å²) in [6, 6.07) is 16.2. The highest BCUT2D eigenvalue weighted by molar-refractivity contribution is 7.98. The van der Waals surface area contributed by atoms with Gasteiger partial charge in [-0.05, 0) is 36.2 Å². The fourth-order valence-electron chi connectivity index (χ4n) is 3.79. The molecule has 4 rings (SSSR count). The quantitative estimate of drug-likeness (QED) is 0.266. The van der Waals surface area contributed by atoms with Crippen LogP contribution in [0.2, 0.25) is 5.15 Å². The molecule has 1 amide bonds. The Morgan fingerprint density at radius 1 is 1.06 bits per heavy atom. The van der Waals surface area contributed by atoms with Gasteiger partial charge in [-0.15, -0.1) is 0 Å². The Labute approximate surface area is 208 Å². The molecular formula is C25H27ClFN5OS. The number of piperazine rings is 1. The molecular weight excluding hydrogens is 473 g/mol.